The maximum absolute atomic E-state index is 2.68. The third kappa shape index (κ3) is 6.32. The second-order valence-corrected chi connectivity index (χ2v) is 26.5. The van der Waals surface area contributed by atoms with Gasteiger partial charge in [-0.2, -0.15) is 0 Å². The summed E-state index contributed by atoms with van der Waals surface area (Å²) in [5, 5.41) is 20.3. The summed E-state index contributed by atoms with van der Waals surface area (Å²) in [6, 6.07) is 92.3. The molecule has 0 bridgehead atoms. The molecule has 406 valence electrons. The van der Waals surface area contributed by atoms with E-state index >= 15 is 0 Å². The van der Waals surface area contributed by atoms with Crippen LogP contribution in [-0.2, 0) is 10.8 Å². The molecule has 19 aromatic rings. The lowest BCUT2D eigenvalue weighted by Gasteiger charge is -2.22. The van der Waals surface area contributed by atoms with E-state index in [9.17, 15) is 0 Å². The predicted molar refractivity (Wildman–Crippen MR) is 368 cm³/mol. The molecule has 0 aliphatic rings. The van der Waals surface area contributed by atoms with E-state index in [-0.39, 0.29) is 10.8 Å². The van der Waals surface area contributed by atoms with E-state index in [1.165, 1.54) is 180 Å². The molecule has 0 saturated heterocycles. The molecule has 0 N–H and O–H groups in total. The van der Waals surface area contributed by atoms with Crippen LogP contribution < -0.4 is 0 Å². The van der Waals surface area contributed by atoms with Gasteiger partial charge in [0.2, 0.25) is 0 Å². The van der Waals surface area contributed by atoms with Crippen molar-refractivity contribution in [3.05, 3.63) is 254 Å². The van der Waals surface area contributed by atoms with Crippen LogP contribution in [0.25, 0.3) is 175 Å². The summed E-state index contributed by atoms with van der Waals surface area (Å²) in [5.74, 6) is 0. The molecule has 0 spiro atoms. The van der Waals surface area contributed by atoms with Gasteiger partial charge in [0.15, 0.2) is 0 Å². The molecule has 0 aliphatic heterocycles. The van der Waals surface area contributed by atoms with E-state index in [2.05, 4.69) is 302 Å². The molecule has 0 unspecified atom stereocenters. The number of benzene rings is 13. The zero-order valence-corrected chi connectivity index (χ0v) is 48.9. The summed E-state index contributed by atoms with van der Waals surface area (Å²) < 4.78 is 10.2. The molecule has 4 heteroatoms. The summed E-state index contributed by atoms with van der Waals surface area (Å²) in [4.78, 5) is 0. The van der Waals surface area contributed by atoms with Gasteiger partial charge in [-0.15, -0.1) is 0 Å². The molecule has 0 radical (unpaired) electrons. The number of para-hydroxylation sites is 4. The minimum Gasteiger partial charge on any atom is -0.309 e. The first-order valence-corrected chi connectivity index (χ1v) is 30.4. The lowest BCUT2D eigenvalue weighted by atomic mass is 9.83. The standard InChI is InChI=1S/C82H58N4/c1-81(2,3)51-41-59(49-33-35-71-60(37-49)57-29-17-19-31-69(57)83(71)53-23-9-7-10-24-53)77-66(43-51)67-44-52(82(4,5)6)42-65-63-46-74-62(45-73(63)85(77)78(65)67)64-38-47-21-14-16-28-56(47)76-68-39-48-22-13-15-27-55(48)75(80(68)86(74)79(64)76)50-34-36-72-61(40-50)58-30-18-20-32-70(58)84(72)54-25-11-8-12-26-54/h7-46H,1-6H3. The number of hydrogen-bond donors (Lipinski definition) is 0. The van der Waals surface area contributed by atoms with Crippen LogP contribution in [0, 0.1) is 0 Å². The molecule has 6 heterocycles. The van der Waals surface area contributed by atoms with E-state index in [4.69, 9.17) is 0 Å². The lowest BCUT2D eigenvalue weighted by molar-refractivity contribution is 0.591. The van der Waals surface area contributed by atoms with Gasteiger partial charge in [0.05, 0.1) is 55.2 Å². The largest absolute Gasteiger partial charge is 0.309 e. The van der Waals surface area contributed by atoms with Gasteiger partial charge in [-0.25, -0.2) is 0 Å². The minimum absolute atomic E-state index is 0.104. The third-order valence-corrected chi connectivity index (χ3v) is 19.6. The lowest BCUT2D eigenvalue weighted by Crippen LogP contribution is -2.11. The van der Waals surface area contributed by atoms with E-state index in [0.29, 0.717) is 0 Å². The summed E-state index contributed by atoms with van der Waals surface area (Å²) >= 11 is 0. The average molecular weight is 1100 g/mol. The van der Waals surface area contributed by atoms with Gasteiger partial charge in [0.25, 0.3) is 0 Å². The Morgan fingerprint density at radius 1 is 0.256 bits per heavy atom. The molecule has 6 aromatic heterocycles. The van der Waals surface area contributed by atoms with Crippen LogP contribution in [-0.4, -0.2) is 17.9 Å². The molecule has 86 heavy (non-hydrogen) atoms. The van der Waals surface area contributed by atoms with Crippen molar-refractivity contribution in [2.45, 2.75) is 52.4 Å². The van der Waals surface area contributed by atoms with Crippen LogP contribution >= 0.6 is 0 Å². The fourth-order valence-corrected chi connectivity index (χ4v) is 15.6. The zero-order chi connectivity index (χ0) is 57.2. The molecule has 0 atom stereocenters. The molecule has 0 amide bonds. The van der Waals surface area contributed by atoms with E-state index < -0.39 is 0 Å². The van der Waals surface area contributed by atoms with Crippen LogP contribution in [0.15, 0.2) is 243 Å². The number of hydrogen-bond acceptors (Lipinski definition) is 0. The Hall–Kier alpha value is -10.4. The van der Waals surface area contributed by atoms with Crippen LogP contribution in [0.3, 0.4) is 0 Å². The number of fused-ring (bicyclic) bond motifs is 21. The molecule has 0 aliphatic carbocycles. The highest BCUT2D eigenvalue weighted by molar-refractivity contribution is 6.36. The highest BCUT2D eigenvalue weighted by Crippen LogP contribution is 2.52. The Bertz CT molecular complexity index is 6130. The molecule has 0 saturated carbocycles. The number of rotatable bonds is 4. The smallest absolute Gasteiger partial charge is 0.0627 e. The van der Waals surface area contributed by atoms with Gasteiger partial charge in [-0.3, -0.25) is 0 Å². The topological polar surface area (TPSA) is 18.7 Å². The number of nitrogens with zero attached hydrogens (tertiary/aromatic N) is 4. The van der Waals surface area contributed by atoms with Crippen LogP contribution in [0.1, 0.15) is 52.7 Å². The number of aromatic nitrogens is 4. The molecule has 13 aromatic carbocycles. The first-order chi connectivity index (χ1) is 41.9. The Morgan fingerprint density at radius 3 is 1.27 bits per heavy atom. The van der Waals surface area contributed by atoms with Gasteiger partial charge in [-0.05, 0) is 164 Å². The van der Waals surface area contributed by atoms with Crippen molar-refractivity contribution in [3.63, 3.8) is 0 Å². The zero-order valence-electron chi connectivity index (χ0n) is 48.9. The monoisotopic (exact) mass is 1100 g/mol. The predicted octanol–water partition coefficient (Wildman–Crippen LogP) is 22.4. The van der Waals surface area contributed by atoms with Crippen LogP contribution in [0.2, 0.25) is 0 Å². The molecular formula is C82H58N4. The molecule has 19 rings (SSSR count). The van der Waals surface area contributed by atoms with Crippen molar-refractivity contribution in [1.82, 2.24) is 17.9 Å². The van der Waals surface area contributed by atoms with Gasteiger partial charge in [0, 0.05) is 87.1 Å². The van der Waals surface area contributed by atoms with Crippen molar-refractivity contribution in [2.75, 3.05) is 0 Å². The Labute approximate surface area is 496 Å². The van der Waals surface area contributed by atoms with Gasteiger partial charge < -0.3 is 17.9 Å². The first-order valence-electron chi connectivity index (χ1n) is 30.4. The highest BCUT2D eigenvalue weighted by Gasteiger charge is 2.30. The van der Waals surface area contributed by atoms with E-state index in [0.717, 1.165) is 5.69 Å². The summed E-state index contributed by atoms with van der Waals surface area (Å²) in [6.45, 7) is 14.2. The van der Waals surface area contributed by atoms with Gasteiger partial charge in [0.1, 0.15) is 0 Å². The van der Waals surface area contributed by atoms with Crippen LogP contribution in [0.4, 0.5) is 0 Å². The Balaban J connectivity index is 0.964. The quantitative estimate of drug-likeness (QED) is 0.167. The SMILES string of the molecule is CC(C)(C)c1cc(-c2ccc3c(c2)c2ccccc2n3-c2ccccc2)c2c(c1)c1cc(C(C)(C)C)cc3c4cc5c(cc4n2c31)c1cc2ccccc2c2c3cc4ccccc4c(-c4ccc6c(c4)c4ccccc4n6-c4ccccc4)c3n5c12. The summed E-state index contributed by atoms with van der Waals surface area (Å²) in [6.07, 6.45) is 0. The second kappa shape index (κ2) is 16.7. The van der Waals surface area contributed by atoms with Gasteiger partial charge >= 0.3 is 0 Å². The van der Waals surface area contributed by atoms with Crippen LogP contribution in [0.5, 0.6) is 0 Å². The summed E-state index contributed by atoms with van der Waals surface area (Å²) in [7, 11) is 0. The van der Waals surface area contributed by atoms with E-state index in [1.807, 2.05) is 0 Å². The van der Waals surface area contributed by atoms with Gasteiger partial charge in [-0.1, -0.05) is 175 Å². The molecule has 0 fully saturated rings. The normalized spacial score (nSPS) is 13.0. The third-order valence-electron chi connectivity index (χ3n) is 19.6. The van der Waals surface area contributed by atoms with Crippen molar-refractivity contribution in [1.29, 1.82) is 0 Å². The van der Waals surface area contributed by atoms with E-state index in [1.54, 1.807) is 0 Å². The first kappa shape index (κ1) is 48.0. The highest BCUT2D eigenvalue weighted by atomic mass is 15.0. The second-order valence-electron chi connectivity index (χ2n) is 26.5. The fourth-order valence-electron chi connectivity index (χ4n) is 15.6. The Kier molecular flexibility index (Phi) is 9.31. The average Bonchev–Trinajstić information content (AvgIpc) is 1.53. The molecule has 4 nitrogen and oxygen atoms in total. The maximum atomic E-state index is 2.68. The van der Waals surface area contributed by atoms with Crippen molar-refractivity contribution in [3.8, 4) is 33.6 Å². The Morgan fingerprint density at radius 2 is 0.674 bits per heavy atom. The van der Waals surface area contributed by atoms with Crippen molar-refractivity contribution < 1.29 is 0 Å². The summed E-state index contributed by atoms with van der Waals surface area (Å²) in [5.41, 5.74) is 22.1. The molecular weight excluding hydrogens is 1040 g/mol. The van der Waals surface area contributed by atoms with Crippen molar-refractivity contribution in [2.24, 2.45) is 0 Å². The maximum Gasteiger partial charge on any atom is 0.0627 e. The van der Waals surface area contributed by atoms with Crippen molar-refractivity contribution >= 4 is 141 Å². The fraction of sp³-hybridized carbons (Fsp3) is 0.0976. The minimum atomic E-state index is -0.106.